The van der Waals surface area contributed by atoms with Gasteiger partial charge in [-0.3, -0.25) is 0 Å². The summed E-state index contributed by atoms with van der Waals surface area (Å²) in [7, 11) is 0. The van der Waals surface area contributed by atoms with Crippen molar-refractivity contribution in [1.29, 1.82) is 0 Å². The molecule has 3 aromatic heterocycles. The Morgan fingerprint density at radius 1 is 1.15 bits per heavy atom. The van der Waals surface area contributed by atoms with Crippen LogP contribution in [-0.2, 0) is 6.54 Å². The van der Waals surface area contributed by atoms with Crippen molar-refractivity contribution in [1.82, 2.24) is 29.5 Å². The van der Waals surface area contributed by atoms with Gasteiger partial charge in [0.05, 0.1) is 5.69 Å². The molecule has 1 saturated carbocycles. The lowest BCUT2D eigenvalue weighted by molar-refractivity contribution is 0.142. The summed E-state index contributed by atoms with van der Waals surface area (Å²) in [6, 6.07) is 12.1. The minimum Gasteiger partial charge on any atom is -0.385 e. The second-order valence-electron chi connectivity index (χ2n) is 8.19. The standard InChI is InChI=1S/C23H22ClF2N7/c1-13-10-18(22(25)26)33(30-13)20-11-19(27)29-23-17(8-9-28-20)21(15-4-6-16(24)7-5-15)31-32(23)12-14-2-3-14/h4-11,14,22,29H,2-3,12,27H2,1H3. The third-order valence-corrected chi connectivity index (χ3v) is 5.78. The van der Waals surface area contributed by atoms with Crippen molar-refractivity contribution in [2.75, 3.05) is 5.73 Å². The summed E-state index contributed by atoms with van der Waals surface area (Å²) in [5.74, 6) is 0.995. The number of aromatic nitrogens is 6. The lowest BCUT2D eigenvalue weighted by Gasteiger charge is -2.04. The van der Waals surface area contributed by atoms with E-state index in [0.717, 1.165) is 46.4 Å². The molecule has 5 rings (SSSR count). The van der Waals surface area contributed by atoms with Crippen molar-refractivity contribution in [3.05, 3.63) is 65.1 Å². The van der Waals surface area contributed by atoms with Crippen molar-refractivity contribution < 1.29 is 8.78 Å². The molecule has 0 amide bonds. The molecular formula is C23H22ClF2N7. The molecule has 0 atom stereocenters. The SMILES string of the molecule is Cc1cc(C(F)F)n(-c2cc(N)[nH]c3c(ccn2)c(-c2ccc(Cl)cc2)nn3CC2CC2)n1. The van der Waals surface area contributed by atoms with Crippen molar-refractivity contribution in [3.63, 3.8) is 0 Å². The summed E-state index contributed by atoms with van der Waals surface area (Å²) in [5, 5.41) is 10.5. The highest BCUT2D eigenvalue weighted by Gasteiger charge is 2.24. The van der Waals surface area contributed by atoms with Crippen LogP contribution in [0, 0.1) is 12.8 Å². The molecule has 1 aliphatic rings. The summed E-state index contributed by atoms with van der Waals surface area (Å²) in [6.45, 7) is 2.41. The van der Waals surface area contributed by atoms with E-state index in [1.165, 1.54) is 12.1 Å². The number of aryl methyl sites for hydroxylation is 1. The zero-order chi connectivity index (χ0) is 23.1. The van der Waals surface area contributed by atoms with Crippen LogP contribution < -0.4 is 5.73 Å². The molecular weight excluding hydrogens is 448 g/mol. The highest BCUT2D eigenvalue weighted by molar-refractivity contribution is 6.30. The number of nitrogens with zero attached hydrogens (tertiary/aromatic N) is 5. The Labute approximate surface area is 193 Å². The van der Waals surface area contributed by atoms with Gasteiger partial charge in [-0.25, -0.2) is 23.1 Å². The summed E-state index contributed by atoms with van der Waals surface area (Å²) >= 11 is 6.07. The number of aromatic amines is 1. The molecule has 0 radical (unpaired) electrons. The van der Waals surface area contributed by atoms with Gasteiger partial charge in [0.15, 0.2) is 5.82 Å². The first-order valence-electron chi connectivity index (χ1n) is 10.6. The smallest absolute Gasteiger partial charge is 0.280 e. The minimum absolute atomic E-state index is 0.180. The molecule has 3 N–H and O–H groups in total. The molecule has 0 spiro atoms. The number of benzene rings is 1. The summed E-state index contributed by atoms with van der Waals surface area (Å²) in [5.41, 5.74) is 8.87. The molecule has 1 aromatic carbocycles. The number of hydrogen-bond donors (Lipinski definition) is 2. The number of halogens is 3. The Kier molecular flexibility index (Phi) is 5.49. The molecule has 33 heavy (non-hydrogen) atoms. The number of alkyl halides is 2. The predicted molar refractivity (Wildman–Crippen MR) is 124 cm³/mol. The zero-order valence-electron chi connectivity index (χ0n) is 17.8. The van der Waals surface area contributed by atoms with Gasteiger partial charge in [0, 0.05) is 34.8 Å². The van der Waals surface area contributed by atoms with Gasteiger partial charge in [-0.1, -0.05) is 23.7 Å². The van der Waals surface area contributed by atoms with Crippen LogP contribution in [0.4, 0.5) is 14.6 Å². The second kappa shape index (κ2) is 8.47. The molecule has 0 aliphatic heterocycles. The summed E-state index contributed by atoms with van der Waals surface area (Å²) in [4.78, 5) is 7.61. The number of fused-ring (bicyclic) bond motifs is 1. The number of anilines is 1. The van der Waals surface area contributed by atoms with Gasteiger partial charge in [0.2, 0.25) is 0 Å². The molecule has 170 valence electrons. The van der Waals surface area contributed by atoms with E-state index in [0.29, 0.717) is 16.6 Å². The summed E-state index contributed by atoms with van der Waals surface area (Å²) in [6.07, 6.45) is 1.18. The molecule has 3 heterocycles. The topological polar surface area (TPSA) is 90.3 Å². The van der Waals surface area contributed by atoms with E-state index in [9.17, 15) is 8.78 Å². The molecule has 0 bridgehead atoms. The summed E-state index contributed by atoms with van der Waals surface area (Å²) < 4.78 is 30.1. The quantitative estimate of drug-likeness (QED) is 0.396. The number of hydrogen-bond acceptors (Lipinski definition) is 4. The Bertz CT molecular complexity index is 1370. The maximum Gasteiger partial charge on any atom is 0.280 e. The highest BCUT2D eigenvalue weighted by atomic mass is 35.5. The molecule has 0 saturated heterocycles. The Morgan fingerprint density at radius 2 is 1.91 bits per heavy atom. The Hall–Kier alpha value is -3.46. The highest BCUT2D eigenvalue weighted by Crippen LogP contribution is 2.33. The van der Waals surface area contributed by atoms with E-state index in [4.69, 9.17) is 22.4 Å². The van der Waals surface area contributed by atoms with E-state index in [1.54, 1.807) is 19.2 Å². The normalized spacial score (nSPS) is 13.6. The van der Waals surface area contributed by atoms with Crippen LogP contribution >= 0.6 is 11.6 Å². The number of nitrogens with two attached hydrogens (primary N) is 1. The monoisotopic (exact) mass is 469 g/mol. The van der Waals surface area contributed by atoms with Gasteiger partial charge < -0.3 is 10.7 Å². The second-order valence-corrected chi connectivity index (χ2v) is 8.63. The maximum absolute atomic E-state index is 13.5. The van der Waals surface area contributed by atoms with E-state index >= 15 is 0 Å². The Morgan fingerprint density at radius 3 is 2.61 bits per heavy atom. The van der Waals surface area contributed by atoms with Gasteiger partial charge in [-0.15, -0.1) is 0 Å². The number of nitrogens with one attached hydrogen (secondary N) is 1. The third-order valence-electron chi connectivity index (χ3n) is 5.53. The molecule has 10 heteroatoms. The largest absolute Gasteiger partial charge is 0.385 e. The molecule has 0 unspecified atom stereocenters. The maximum atomic E-state index is 13.5. The van der Waals surface area contributed by atoms with E-state index in [2.05, 4.69) is 15.1 Å². The van der Waals surface area contributed by atoms with Gasteiger partial charge in [0.25, 0.3) is 6.43 Å². The number of nitrogen functional groups attached to an aromatic ring is 1. The van der Waals surface area contributed by atoms with Crippen LogP contribution in [0.1, 0.15) is 30.7 Å². The van der Waals surface area contributed by atoms with E-state index in [1.807, 2.05) is 28.9 Å². The van der Waals surface area contributed by atoms with Gasteiger partial charge in [0.1, 0.15) is 22.9 Å². The van der Waals surface area contributed by atoms with Gasteiger partial charge in [-0.2, -0.15) is 10.2 Å². The first kappa shape index (κ1) is 21.4. The molecule has 4 aromatic rings. The fourth-order valence-electron chi connectivity index (χ4n) is 3.78. The van der Waals surface area contributed by atoms with Crippen molar-refractivity contribution in [2.45, 2.75) is 32.7 Å². The van der Waals surface area contributed by atoms with E-state index < -0.39 is 6.43 Å². The average Bonchev–Trinajstić information content (AvgIpc) is 3.39. The first-order valence-corrected chi connectivity index (χ1v) is 11.0. The fraction of sp³-hybridized carbons (Fsp3) is 0.261. The van der Waals surface area contributed by atoms with Crippen LogP contribution in [0.3, 0.4) is 0 Å². The van der Waals surface area contributed by atoms with Gasteiger partial charge >= 0.3 is 0 Å². The van der Waals surface area contributed by atoms with Crippen LogP contribution in [0.15, 0.2) is 48.7 Å². The third kappa shape index (κ3) is 4.41. The van der Waals surface area contributed by atoms with Crippen LogP contribution in [0.2, 0.25) is 5.02 Å². The van der Waals surface area contributed by atoms with Crippen LogP contribution in [-0.4, -0.2) is 29.5 Å². The fourth-order valence-corrected chi connectivity index (χ4v) is 3.90. The molecule has 1 aliphatic carbocycles. The zero-order valence-corrected chi connectivity index (χ0v) is 18.6. The predicted octanol–water partition coefficient (Wildman–Crippen LogP) is 5.63. The molecule has 1 fully saturated rings. The Balaban J connectivity index is 1.73. The first-order chi connectivity index (χ1) is 15.9. The van der Waals surface area contributed by atoms with Crippen molar-refractivity contribution >= 4 is 28.5 Å². The van der Waals surface area contributed by atoms with Crippen LogP contribution in [0.5, 0.6) is 0 Å². The average molecular weight is 470 g/mol. The van der Waals surface area contributed by atoms with Crippen molar-refractivity contribution in [2.24, 2.45) is 5.92 Å². The molecule has 7 nitrogen and oxygen atoms in total. The van der Waals surface area contributed by atoms with Crippen molar-refractivity contribution in [3.8, 4) is 17.1 Å². The van der Waals surface area contributed by atoms with Crippen LogP contribution in [0.25, 0.3) is 28.1 Å². The van der Waals surface area contributed by atoms with E-state index in [-0.39, 0.29) is 17.3 Å². The minimum atomic E-state index is -2.70. The lowest BCUT2D eigenvalue weighted by Crippen LogP contribution is -2.05. The number of rotatable bonds is 5. The lowest BCUT2D eigenvalue weighted by atomic mass is 10.1. The number of H-pyrrole nitrogens is 1. The van der Waals surface area contributed by atoms with Gasteiger partial charge in [-0.05, 0) is 49.9 Å².